The summed E-state index contributed by atoms with van der Waals surface area (Å²) in [4.78, 5) is 30.6. The number of sulfonamides is 1. The lowest BCUT2D eigenvalue weighted by Gasteiger charge is -2.48. The molecule has 7 rings (SSSR count). The van der Waals surface area contributed by atoms with Crippen LogP contribution in [0.5, 0.6) is 5.75 Å². The topological polar surface area (TPSA) is 117 Å². The van der Waals surface area contributed by atoms with Crippen LogP contribution in [0.3, 0.4) is 0 Å². The number of aryl methyl sites for hydroxylation is 1. The normalized spacial score (nSPS) is 32.6. The molecular weight excluding hydrogens is 700 g/mol. The van der Waals surface area contributed by atoms with E-state index in [0.717, 1.165) is 57.2 Å². The number of nitrogens with zero attached hydrogens (tertiary/aromatic N) is 2. The van der Waals surface area contributed by atoms with E-state index in [4.69, 9.17) is 21.1 Å². The van der Waals surface area contributed by atoms with Crippen LogP contribution in [-0.2, 0) is 31.4 Å². The number of allylic oxidation sites excluding steroid dienone is 1. The zero-order chi connectivity index (χ0) is 37.5. The number of anilines is 1. The molecule has 1 spiro atoms. The second kappa shape index (κ2) is 15.1. The van der Waals surface area contributed by atoms with Crippen LogP contribution < -0.4 is 19.7 Å². The first-order valence-electron chi connectivity index (χ1n) is 18.6. The van der Waals surface area contributed by atoms with Gasteiger partial charge in [-0.2, -0.15) is 0 Å². The molecule has 2 bridgehead atoms. The Morgan fingerprint density at radius 2 is 1.88 bits per heavy atom. The van der Waals surface area contributed by atoms with Gasteiger partial charge in [-0.25, -0.2) is 13.1 Å². The molecule has 0 unspecified atom stereocenters. The summed E-state index contributed by atoms with van der Waals surface area (Å²) >= 11 is 6.40. The van der Waals surface area contributed by atoms with Gasteiger partial charge in [0.1, 0.15) is 11.4 Å². The minimum absolute atomic E-state index is 0.0434. The lowest BCUT2D eigenvalue weighted by Crippen LogP contribution is -2.64. The van der Waals surface area contributed by atoms with Gasteiger partial charge in [-0.15, -0.1) is 0 Å². The zero-order valence-corrected chi connectivity index (χ0v) is 33.0. The lowest BCUT2D eigenvalue weighted by molar-refractivity contribution is -0.135. The molecule has 1 saturated carbocycles. The van der Waals surface area contributed by atoms with Crippen LogP contribution in [0.25, 0.3) is 0 Å². The molecule has 2 fully saturated rings. The highest BCUT2D eigenvalue weighted by Crippen LogP contribution is 2.48. The maximum absolute atomic E-state index is 13.4. The van der Waals surface area contributed by atoms with Gasteiger partial charge in [-0.1, -0.05) is 30.7 Å². The molecule has 2 aliphatic carbocycles. The van der Waals surface area contributed by atoms with Crippen molar-refractivity contribution in [1.29, 1.82) is 0 Å². The summed E-state index contributed by atoms with van der Waals surface area (Å²) in [6.07, 6.45) is 9.65. The van der Waals surface area contributed by atoms with Gasteiger partial charge < -0.3 is 24.6 Å². The van der Waals surface area contributed by atoms with E-state index in [1.165, 1.54) is 11.1 Å². The van der Waals surface area contributed by atoms with Crippen LogP contribution in [0.15, 0.2) is 48.6 Å². The Morgan fingerprint density at radius 1 is 1.12 bits per heavy atom. The molecule has 3 heterocycles. The fourth-order valence-electron chi connectivity index (χ4n) is 8.49. The molecule has 2 aromatic carbocycles. The number of hydrogen-bond donors (Lipinski definition) is 2. The molecule has 52 heavy (non-hydrogen) atoms. The van der Waals surface area contributed by atoms with Crippen molar-refractivity contribution in [2.45, 2.75) is 81.1 Å². The molecular formula is C40H55ClN4O6S. The summed E-state index contributed by atoms with van der Waals surface area (Å²) in [6, 6.07) is 11.3. The Kier molecular flexibility index (Phi) is 11.2. The number of fused-ring (bicyclic) bond motifs is 4. The van der Waals surface area contributed by atoms with Crippen molar-refractivity contribution in [2.75, 3.05) is 58.9 Å². The molecule has 3 aliphatic heterocycles. The molecule has 1 amide bonds. The van der Waals surface area contributed by atoms with E-state index in [9.17, 15) is 18.0 Å². The Morgan fingerprint density at radius 3 is 2.50 bits per heavy atom. The largest absolute Gasteiger partial charge is 0.490 e. The third-order valence-corrected chi connectivity index (χ3v) is 14.9. The second-order valence-electron chi connectivity index (χ2n) is 16.2. The predicted molar refractivity (Wildman–Crippen MR) is 206 cm³/mol. The number of halogens is 1. The second-order valence-corrected chi connectivity index (χ2v) is 18.7. The zero-order valence-electron chi connectivity index (χ0n) is 31.4. The number of carbonyl (C=O) groups excluding carboxylic acids is 2. The van der Waals surface area contributed by atoms with E-state index in [1.54, 1.807) is 32.2 Å². The molecule has 0 aromatic heterocycles. The summed E-state index contributed by atoms with van der Waals surface area (Å²) in [5, 5.41) is 3.12. The lowest BCUT2D eigenvalue weighted by atomic mass is 9.64. The van der Waals surface area contributed by atoms with Crippen LogP contribution in [0.2, 0.25) is 5.02 Å². The van der Waals surface area contributed by atoms with Crippen molar-refractivity contribution in [3.05, 3.63) is 70.3 Å². The third-order valence-electron chi connectivity index (χ3n) is 12.8. The van der Waals surface area contributed by atoms with Crippen LogP contribution in [0.4, 0.5) is 5.69 Å². The highest BCUT2D eigenvalue weighted by molar-refractivity contribution is 7.90. The fraction of sp³-hybridized carbons (Fsp3) is 0.600. The molecule has 5 aliphatic rings. The maximum atomic E-state index is 13.4. The van der Waals surface area contributed by atoms with Gasteiger partial charge in [-0.05, 0) is 126 Å². The van der Waals surface area contributed by atoms with Crippen molar-refractivity contribution in [3.63, 3.8) is 0 Å². The summed E-state index contributed by atoms with van der Waals surface area (Å²) in [5.41, 5.74) is 2.49. The third kappa shape index (κ3) is 7.40. The number of rotatable bonds is 3. The minimum Gasteiger partial charge on any atom is -0.490 e. The van der Waals surface area contributed by atoms with Gasteiger partial charge in [0.2, 0.25) is 10.0 Å². The Balaban J connectivity index is 0.000000514. The SMILES string of the molecule is CN(C)C1(C)CNC1.CO[C@]1(C=O)/C=C/C[C@H](C)[C@@H](C)S(=O)(=O)NC(=O)c2ccc3c(c2)N(C[C@@H]2CC[C@H]21)C[C@@]1(CCCc2cc(Cl)ccc21)CO3. The van der Waals surface area contributed by atoms with Crippen LogP contribution in [0.1, 0.15) is 74.4 Å². The highest BCUT2D eigenvalue weighted by atomic mass is 35.5. The van der Waals surface area contributed by atoms with E-state index in [1.807, 2.05) is 25.1 Å². The van der Waals surface area contributed by atoms with E-state index in [2.05, 4.69) is 53.0 Å². The maximum Gasteiger partial charge on any atom is 0.264 e. The predicted octanol–water partition coefficient (Wildman–Crippen LogP) is 5.38. The Labute approximate surface area is 314 Å². The average molecular weight is 755 g/mol. The number of likely N-dealkylation sites (N-methyl/N-ethyl adjacent to an activating group) is 1. The molecule has 6 atom stereocenters. The van der Waals surface area contributed by atoms with Crippen LogP contribution >= 0.6 is 11.6 Å². The van der Waals surface area contributed by atoms with Gasteiger partial charge in [0.15, 0.2) is 6.29 Å². The van der Waals surface area contributed by atoms with Crippen molar-refractivity contribution < 1.29 is 27.5 Å². The monoisotopic (exact) mass is 754 g/mol. The first kappa shape index (κ1) is 38.8. The number of benzene rings is 2. The molecule has 12 heteroatoms. The van der Waals surface area contributed by atoms with Gasteiger partial charge in [0.25, 0.3) is 5.91 Å². The van der Waals surface area contributed by atoms with E-state index < -0.39 is 26.8 Å². The van der Waals surface area contributed by atoms with Crippen LogP contribution in [-0.4, -0.2) is 95.9 Å². The molecule has 2 N–H and O–H groups in total. The standard InChI is InChI=1S/C34H41ClN2O6S.C6H14N2/c1-22-6-4-15-34(20-38,42-3)29-11-8-26(29)18-37-19-33(14-5-7-24-16-27(35)10-12-28(24)33)21-43-31-13-9-25(17-30(31)37)32(39)36-44(40,41)23(22)2;1-6(8(2)3)4-7-5-6/h4,9-10,12-13,15-17,20,22-23,26,29H,5-8,11,14,18-19,21H2,1-3H3,(H,36,39);7H,4-5H2,1-3H3/b15-4+;/t22-,23+,26-,29+,33-,34-;/m0./s1. The number of ether oxygens (including phenoxy) is 2. The van der Waals surface area contributed by atoms with Crippen molar-refractivity contribution in [3.8, 4) is 5.75 Å². The number of amides is 1. The average Bonchev–Trinajstić information content (AvgIpc) is 3.24. The number of aldehydes is 1. The van der Waals surface area contributed by atoms with Gasteiger partial charge >= 0.3 is 0 Å². The number of carbonyl (C=O) groups is 2. The molecule has 1 saturated heterocycles. The number of nitrogens with one attached hydrogen (secondary N) is 2. The summed E-state index contributed by atoms with van der Waals surface area (Å²) < 4.78 is 41.3. The van der Waals surface area contributed by atoms with Gasteiger partial charge in [-0.3, -0.25) is 9.59 Å². The number of methoxy groups -OCH3 is 1. The van der Waals surface area contributed by atoms with E-state index in [0.29, 0.717) is 42.4 Å². The highest BCUT2D eigenvalue weighted by Gasteiger charge is 2.49. The quantitative estimate of drug-likeness (QED) is 0.315. The Hall–Kier alpha value is -2.96. The first-order valence-corrected chi connectivity index (χ1v) is 20.5. The van der Waals surface area contributed by atoms with Crippen molar-refractivity contribution >= 4 is 39.5 Å². The molecule has 0 radical (unpaired) electrons. The summed E-state index contributed by atoms with van der Waals surface area (Å²) in [5.74, 6) is -0.203. The van der Waals surface area contributed by atoms with Gasteiger partial charge in [0, 0.05) is 60.7 Å². The van der Waals surface area contributed by atoms with Crippen molar-refractivity contribution in [2.24, 2.45) is 17.8 Å². The fourth-order valence-corrected chi connectivity index (χ4v) is 9.97. The first-order chi connectivity index (χ1) is 24.7. The van der Waals surface area contributed by atoms with E-state index in [-0.39, 0.29) is 28.7 Å². The molecule has 2 aromatic rings. The summed E-state index contributed by atoms with van der Waals surface area (Å²) in [7, 11) is 1.85. The molecule has 10 nitrogen and oxygen atoms in total. The molecule has 284 valence electrons. The van der Waals surface area contributed by atoms with E-state index >= 15 is 0 Å². The smallest absolute Gasteiger partial charge is 0.264 e. The minimum atomic E-state index is -3.97. The number of hydrogen-bond acceptors (Lipinski definition) is 9. The van der Waals surface area contributed by atoms with Crippen LogP contribution in [0, 0.1) is 17.8 Å². The Bertz CT molecular complexity index is 1800. The summed E-state index contributed by atoms with van der Waals surface area (Å²) in [6.45, 7) is 9.72. The van der Waals surface area contributed by atoms with Gasteiger partial charge in [0.05, 0.1) is 17.5 Å². The van der Waals surface area contributed by atoms with Crippen molar-refractivity contribution in [1.82, 2.24) is 14.9 Å².